The van der Waals surface area contributed by atoms with Gasteiger partial charge in [-0.25, -0.2) is 4.98 Å². The number of fused-ring (bicyclic) bond motifs is 2. The first-order valence-corrected chi connectivity index (χ1v) is 13.1. The van der Waals surface area contributed by atoms with Crippen LogP contribution in [0.3, 0.4) is 0 Å². The molecule has 2 aliphatic carbocycles. The Hall–Kier alpha value is -3.55. The Bertz CT molecular complexity index is 1210. The fraction of sp³-hybridized carbons (Fsp3) is 0.464. The molecule has 6 rings (SSSR count). The summed E-state index contributed by atoms with van der Waals surface area (Å²) in [5, 5.41) is 24.2. The molecule has 2 N–H and O–H groups in total. The average Bonchev–Trinajstić information content (AvgIpc) is 3.62. The number of benzene rings is 2. The zero-order chi connectivity index (χ0) is 24.6. The summed E-state index contributed by atoms with van der Waals surface area (Å²) in [7, 11) is 0. The molecular weight excluding hydrogens is 456 g/mol. The van der Waals surface area contributed by atoms with Gasteiger partial charge in [-0.3, -0.25) is 10.1 Å². The highest BCUT2D eigenvalue weighted by Crippen LogP contribution is 2.48. The van der Waals surface area contributed by atoms with Crippen LogP contribution in [0.4, 0.5) is 17.4 Å². The summed E-state index contributed by atoms with van der Waals surface area (Å²) in [4.78, 5) is 17.7. The van der Waals surface area contributed by atoms with Crippen molar-refractivity contribution in [1.82, 2.24) is 4.98 Å². The van der Waals surface area contributed by atoms with Gasteiger partial charge in [0.25, 0.3) is 11.7 Å². The smallest absolute Gasteiger partial charge is 0.295 e. The molecule has 36 heavy (non-hydrogen) atoms. The Morgan fingerprint density at radius 3 is 2.58 bits per heavy atom. The third-order valence-corrected chi connectivity index (χ3v) is 8.48. The molecule has 2 aromatic carbocycles. The van der Waals surface area contributed by atoms with Crippen molar-refractivity contribution in [3.05, 3.63) is 64.8 Å². The predicted molar refractivity (Wildman–Crippen MR) is 138 cm³/mol. The molecule has 1 aliphatic heterocycles. The summed E-state index contributed by atoms with van der Waals surface area (Å²) in [6, 6.07) is 15.5. The zero-order valence-corrected chi connectivity index (χ0v) is 20.3. The molecule has 0 radical (unpaired) electrons. The van der Waals surface area contributed by atoms with E-state index >= 15 is 0 Å². The molecule has 2 saturated carbocycles. The topological polar surface area (TPSA) is 105 Å². The number of oxazole rings is 1. The van der Waals surface area contributed by atoms with Gasteiger partial charge in [0.2, 0.25) is 0 Å². The monoisotopic (exact) mass is 488 g/mol. The van der Waals surface area contributed by atoms with Crippen LogP contribution >= 0.6 is 0 Å². The van der Waals surface area contributed by atoms with Gasteiger partial charge in [0.15, 0.2) is 5.76 Å². The molecule has 3 fully saturated rings. The molecule has 1 saturated heterocycles. The molecule has 3 aliphatic rings. The van der Waals surface area contributed by atoms with E-state index in [1.807, 2.05) is 24.3 Å². The summed E-state index contributed by atoms with van der Waals surface area (Å²) in [5.74, 6) is 2.85. The molecule has 8 heteroatoms. The Labute approximate surface area is 210 Å². The number of piperidine rings is 1. The van der Waals surface area contributed by atoms with Crippen molar-refractivity contribution in [1.29, 1.82) is 0 Å². The number of hydrogen-bond donors (Lipinski definition) is 2. The third kappa shape index (κ3) is 4.52. The molecule has 2 bridgehead atoms. The first-order valence-electron chi connectivity index (χ1n) is 13.1. The van der Waals surface area contributed by atoms with E-state index in [1.165, 1.54) is 38.5 Å². The lowest BCUT2D eigenvalue weighted by Crippen LogP contribution is -2.41. The Morgan fingerprint density at radius 2 is 1.83 bits per heavy atom. The highest BCUT2D eigenvalue weighted by atomic mass is 16.6. The molecule has 188 valence electrons. The maximum absolute atomic E-state index is 11.0. The van der Waals surface area contributed by atoms with E-state index in [0.29, 0.717) is 41.6 Å². The SMILES string of the molecule is O=[N+]([O-])c1ccc(N2C[C@@H]3C[C@H](C[C@@H]4CCCC[C@H]4Nc4ncc(-c5ccc(O)cc5)o4)[C@H]2C3)cc1. The number of aromatic hydroxyl groups is 1. The summed E-state index contributed by atoms with van der Waals surface area (Å²) in [6.45, 7) is 1.06. The lowest BCUT2D eigenvalue weighted by Gasteiger charge is -2.39. The van der Waals surface area contributed by atoms with Gasteiger partial charge in [-0.1, -0.05) is 12.8 Å². The molecule has 0 unspecified atom stereocenters. The van der Waals surface area contributed by atoms with Crippen LogP contribution in [0, 0.1) is 27.9 Å². The first-order chi connectivity index (χ1) is 17.5. The molecule has 8 nitrogen and oxygen atoms in total. The van der Waals surface area contributed by atoms with Gasteiger partial charge in [-0.05, 0) is 86.3 Å². The second-order valence-electron chi connectivity index (χ2n) is 10.7. The second kappa shape index (κ2) is 9.48. The van der Waals surface area contributed by atoms with Crippen molar-refractivity contribution >= 4 is 17.4 Å². The van der Waals surface area contributed by atoms with Gasteiger partial charge < -0.3 is 19.7 Å². The second-order valence-corrected chi connectivity index (χ2v) is 10.7. The largest absolute Gasteiger partial charge is 0.508 e. The van der Waals surface area contributed by atoms with E-state index in [2.05, 4.69) is 15.2 Å². The standard InChI is InChI=1S/C28H32N4O4/c33-24-11-5-19(6-12-24)27-16-29-28(36-27)30-25-4-2-1-3-20(25)15-21-13-18-14-26(21)31(17-18)22-7-9-23(10-8-22)32(34)35/h5-12,16,18,20-21,25-26,33H,1-4,13-15,17H2,(H,29,30)/t18-,20+,21-,25-,26-/m1/s1. The van der Waals surface area contributed by atoms with Gasteiger partial charge in [-0.15, -0.1) is 0 Å². The lowest BCUT2D eigenvalue weighted by molar-refractivity contribution is -0.384. The van der Waals surface area contributed by atoms with Crippen LogP contribution in [0.2, 0.25) is 0 Å². The van der Waals surface area contributed by atoms with Gasteiger partial charge in [0.05, 0.1) is 11.1 Å². The van der Waals surface area contributed by atoms with Gasteiger partial charge >= 0.3 is 0 Å². The highest BCUT2D eigenvalue weighted by molar-refractivity contribution is 5.58. The van der Waals surface area contributed by atoms with Gasteiger partial charge in [0, 0.05) is 42.0 Å². The van der Waals surface area contributed by atoms with Crippen molar-refractivity contribution in [2.45, 2.75) is 57.0 Å². The molecule has 1 aromatic heterocycles. The molecule has 5 atom stereocenters. The van der Waals surface area contributed by atoms with Crippen LogP contribution < -0.4 is 10.2 Å². The molecular formula is C28H32N4O4. The number of anilines is 2. The number of phenolic OH excluding ortho intramolecular Hbond substituents is 1. The molecule has 3 aromatic rings. The maximum atomic E-state index is 11.0. The van der Waals surface area contributed by atoms with E-state index in [0.717, 1.165) is 24.2 Å². The number of nitrogens with one attached hydrogen (secondary N) is 1. The van der Waals surface area contributed by atoms with E-state index in [1.54, 1.807) is 30.5 Å². The fourth-order valence-corrected chi connectivity index (χ4v) is 6.80. The number of nitrogens with zero attached hydrogens (tertiary/aromatic N) is 3. The minimum atomic E-state index is -0.333. The van der Waals surface area contributed by atoms with Crippen molar-refractivity contribution in [3.8, 4) is 17.1 Å². The number of nitro benzene ring substituents is 1. The van der Waals surface area contributed by atoms with Crippen molar-refractivity contribution in [3.63, 3.8) is 0 Å². The number of non-ortho nitro benzene ring substituents is 1. The number of nitro groups is 1. The Kier molecular flexibility index (Phi) is 6.03. The summed E-state index contributed by atoms with van der Waals surface area (Å²) < 4.78 is 6.02. The molecule has 2 heterocycles. The summed E-state index contributed by atoms with van der Waals surface area (Å²) in [6.07, 6.45) is 10.2. The van der Waals surface area contributed by atoms with E-state index in [-0.39, 0.29) is 16.4 Å². The molecule has 0 spiro atoms. The average molecular weight is 489 g/mol. The van der Waals surface area contributed by atoms with Crippen LogP contribution in [0.15, 0.2) is 59.1 Å². The van der Waals surface area contributed by atoms with E-state index < -0.39 is 0 Å². The van der Waals surface area contributed by atoms with E-state index in [4.69, 9.17) is 4.42 Å². The van der Waals surface area contributed by atoms with Crippen LogP contribution in [0.1, 0.15) is 44.9 Å². The van der Waals surface area contributed by atoms with Crippen LogP contribution in [0.5, 0.6) is 5.75 Å². The minimum absolute atomic E-state index is 0.149. The zero-order valence-electron chi connectivity index (χ0n) is 20.3. The van der Waals surface area contributed by atoms with Gasteiger partial charge in [0.1, 0.15) is 5.75 Å². The number of hydrogen-bond acceptors (Lipinski definition) is 7. The number of aromatic nitrogens is 1. The van der Waals surface area contributed by atoms with Crippen LogP contribution in [-0.2, 0) is 0 Å². The predicted octanol–water partition coefficient (Wildman–Crippen LogP) is 6.23. The van der Waals surface area contributed by atoms with Crippen molar-refractivity contribution < 1.29 is 14.4 Å². The normalized spacial score (nSPS) is 27.3. The maximum Gasteiger partial charge on any atom is 0.295 e. The van der Waals surface area contributed by atoms with Gasteiger partial charge in [-0.2, -0.15) is 0 Å². The van der Waals surface area contributed by atoms with E-state index in [9.17, 15) is 15.2 Å². The Morgan fingerprint density at radius 1 is 1.06 bits per heavy atom. The number of rotatable bonds is 7. The minimum Gasteiger partial charge on any atom is -0.508 e. The number of phenols is 1. The van der Waals surface area contributed by atoms with Crippen LogP contribution in [0.25, 0.3) is 11.3 Å². The third-order valence-electron chi connectivity index (χ3n) is 8.48. The Balaban J connectivity index is 1.12. The fourth-order valence-electron chi connectivity index (χ4n) is 6.80. The van der Waals surface area contributed by atoms with Crippen LogP contribution in [-0.4, -0.2) is 33.6 Å². The highest BCUT2D eigenvalue weighted by Gasteiger charge is 2.46. The van der Waals surface area contributed by atoms with Crippen molar-refractivity contribution in [2.24, 2.45) is 17.8 Å². The summed E-state index contributed by atoms with van der Waals surface area (Å²) in [5.41, 5.74) is 2.15. The summed E-state index contributed by atoms with van der Waals surface area (Å²) >= 11 is 0. The quantitative estimate of drug-likeness (QED) is 0.300. The lowest BCUT2D eigenvalue weighted by atomic mass is 9.77. The van der Waals surface area contributed by atoms with Crippen molar-refractivity contribution in [2.75, 3.05) is 16.8 Å². The first kappa shape index (κ1) is 22.9. The molecule has 0 amide bonds.